The van der Waals surface area contributed by atoms with Crippen LogP contribution in [0, 0.1) is 0 Å². The smallest absolute Gasteiger partial charge is 0.0487 e. The van der Waals surface area contributed by atoms with Gasteiger partial charge in [0.05, 0.1) is 0 Å². The second kappa shape index (κ2) is 13.9. The second-order valence-electron chi connectivity index (χ2n) is 8.75. The van der Waals surface area contributed by atoms with Gasteiger partial charge in [-0.3, -0.25) is 0 Å². The van der Waals surface area contributed by atoms with Gasteiger partial charge in [-0.25, -0.2) is 0 Å². The van der Waals surface area contributed by atoms with Crippen molar-refractivity contribution in [1.29, 1.82) is 0 Å². The summed E-state index contributed by atoms with van der Waals surface area (Å²) in [6.45, 7) is 4.15. The normalized spacial score (nSPS) is 11.6. The minimum absolute atomic E-state index is 0.850. The van der Waals surface area contributed by atoms with E-state index in [-0.39, 0.29) is 0 Å². The van der Waals surface area contributed by atoms with Crippen molar-refractivity contribution >= 4 is 11.6 Å². The third-order valence-corrected chi connectivity index (χ3v) is 6.49. The predicted octanol–water partition coefficient (Wildman–Crippen LogP) is 9.59. The van der Waals surface area contributed by atoms with Crippen molar-refractivity contribution in [3.63, 3.8) is 0 Å². The molecule has 0 radical (unpaired) electrons. The van der Waals surface area contributed by atoms with Crippen LogP contribution in [0.4, 0.5) is 0 Å². The second-order valence-corrected chi connectivity index (χ2v) is 9.16. The predicted molar refractivity (Wildman–Crippen MR) is 146 cm³/mol. The van der Waals surface area contributed by atoms with Crippen molar-refractivity contribution in [2.75, 3.05) is 0 Å². The largest absolute Gasteiger partial charge is 0.0917 e. The zero-order chi connectivity index (χ0) is 23.3. The van der Waals surface area contributed by atoms with Gasteiger partial charge in [0.1, 0.15) is 0 Å². The molecule has 3 rings (SSSR count). The molecule has 0 saturated carbocycles. The number of rotatable bonds is 12. The van der Waals surface area contributed by atoms with Gasteiger partial charge in [0.15, 0.2) is 0 Å². The van der Waals surface area contributed by atoms with E-state index in [1.807, 2.05) is 0 Å². The molecule has 33 heavy (non-hydrogen) atoms. The minimum atomic E-state index is 0.850. The van der Waals surface area contributed by atoms with Crippen molar-refractivity contribution in [2.24, 2.45) is 0 Å². The van der Waals surface area contributed by atoms with Gasteiger partial charge in [-0.15, -0.1) is 0 Å². The first-order chi connectivity index (χ1) is 16.2. The van der Waals surface area contributed by atoms with Crippen molar-refractivity contribution in [3.8, 4) is 11.1 Å². The first kappa shape index (κ1) is 25.1. The average molecular weight is 457 g/mol. The maximum atomic E-state index is 6.66. The molecule has 0 unspecified atom stereocenters. The van der Waals surface area contributed by atoms with Gasteiger partial charge in [0.2, 0.25) is 0 Å². The van der Waals surface area contributed by atoms with Crippen LogP contribution in [0.2, 0.25) is 5.02 Å². The summed E-state index contributed by atoms with van der Waals surface area (Å²) in [5.41, 5.74) is 7.87. The summed E-state index contributed by atoms with van der Waals surface area (Å²) >= 11 is 6.66. The first-order valence-electron chi connectivity index (χ1n) is 12.4. The standard InChI is InChI=1S/C32H37Cl/c1-3-5-7-11-26-15-17-27(18-16-26)13-9-10-14-29-21-24-31(32(33)25-29)30-22-19-28(20-23-30)12-8-6-4-2/h3-6,15-25H,7-14H2,1-2H3/b5-3+,6-4+. The van der Waals surface area contributed by atoms with E-state index in [0.29, 0.717) is 0 Å². The highest BCUT2D eigenvalue weighted by Gasteiger charge is 2.06. The Morgan fingerprint density at radius 2 is 1.03 bits per heavy atom. The number of allylic oxidation sites excluding steroid dienone is 4. The molecule has 0 aliphatic heterocycles. The maximum absolute atomic E-state index is 6.66. The molecular formula is C32H37Cl. The zero-order valence-electron chi connectivity index (χ0n) is 20.2. The van der Waals surface area contributed by atoms with Crippen LogP contribution in [0.3, 0.4) is 0 Å². The Kier molecular flexibility index (Phi) is 10.5. The molecule has 0 N–H and O–H groups in total. The lowest BCUT2D eigenvalue weighted by Gasteiger charge is -2.09. The Hall–Kier alpha value is -2.57. The third kappa shape index (κ3) is 8.37. The average Bonchev–Trinajstić information content (AvgIpc) is 2.84. The van der Waals surface area contributed by atoms with E-state index in [9.17, 15) is 0 Å². The van der Waals surface area contributed by atoms with E-state index < -0.39 is 0 Å². The van der Waals surface area contributed by atoms with Crippen molar-refractivity contribution in [2.45, 2.75) is 65.2 Å². The fourth-order valence-electron chi connectivity index (χ4n) is 4.16. The van der Waals surface area contributed by atoms with Crippen LogP contribution in [0.15, 0.2) is 91.0 Å². The highest BCUT2D eigenvalue weighted by molar-refractivity contribution is 6.33. The molecule has 1 heteroatoms. The quantitative estimate of drug-likeness (QED) is 0.188. The van der Waals surface area contributed by atoms with Crippen LogP contribution in [0.1, 0.15) is 61.8 Å². The van der Waals surface area contributed by atoms with E-state index in [2.05, 4.69) is 105 Å². The van der Waals surface area contributed by atoms with Gasteiger partial charge in [-0.05, 0) is 99.1 Å². The number of benzene rings is 3. The monoisotopic (exact) mass is 456 g/mol. The molecule has 0 aromatic heterocycles. The van der Waals surface area contributed by atoms with E-state index >= 15 is 0 Å². The van der Waals surface area contributed by atoms with E-state index in [1.54, 1.807) is 0 Å². The molecule has 0 nitrogen and oxygen atoms in total. The summed E-state index contributed by atoms with van der Waals surface area (Å²) in [7, 11) is 0. The lowest BCUT2D eigenvalue weighted by Crippen LogP contribution is -1.92. The molecule has 0 amide bonds. The highest BCUT2D eigenvalue weighted by atomic mass is 35.5. The molecule has 3 aromatic carbocycles. The number of hydrogen-bond donors (Lipinski definition) is 0. The van der Waals surface area contributed by atoms with Crippen molar-refractivity contribution in [3.05, 3.63) is 118 Å². The molecule has 0 saturated heterocycles. The molecule has 0 aliphatic rings. The van der Waals surface area contributed by atoms with E-state index in [1.165, 1.54) is 40.7 Å². The van der Waals surface area contributed by atoms with Crippen LogP contribution in [0.25, 0.3) is 11.1 Å². The van der Waals surface area contributed by atoms with Gasteiger partial charge in [0, 0.05) is 10.6 Å². The fourth-order valence-corrected chi connectivity index (χ4v) is 4.48. The number of unbranched alkanes of at least 4 members (excludes halogenated alkanes) is 1. The summed E-state index contributed by atoms with van der Waals surface area (Å²) in [5.74, 6) is 0. The molecule has 3 aromatic rings. The molecular weight excluding hydrogens is 420 g/mol. The van der Waals surface area contributed by atoms with E-state index in [0.717, 1.165) is 49.1 Å². The Morgan fingerprint density at radius 1 is 0.576 bits per heavy atom. The fraction of sp³-hybridized carbons (Fsp3) is 0.312. The molecule has 0 fully saturated rings. The molecule has 0 bridgehead atoms. The number of aryl methyl sites for hydroxylation is 4. The Balaban J connectivity index is 1.46. The first-order valence-corrected chi connectivity index (χ1v) is 12.7. The Bertz CT molecular complexity index is 1020. The van der Waals surface area contributed by atoms with Crippen molar-refractivity contribution in [1.82, 2.24) is 0 Å². The maximum Gasteiger partial charge on any atom is 0.0487 e. The summed E-state index contributed by atoms with van der Waals surface area (Å²) in [6, 6.07) is 24.5. The van der Waals surface area contributed by atoms with Crippen molar-refractivity contribution < 1.29 is 0 Å². The topological polar surface area (TPSA) is 0 Å². The molecule has 0 spiro atoms. The Morgan fingerprint density at radius 3 is 1.55 bits per heavy atom. The van der Waals surface area contributed by atoms with Gasteiger partial charge in [0.25, 0.3) is 0 Å². The molecule has 0 heterocycles. The van der Waals surface area contributed by atoms with E-state index in [4.69, 9.17) is 11.6 Å². The van der Waals surface area contributed by atoms with Crippen LogP contribution in [-0.2, 0) is 25.7 Å². The lowest BCUT2D eigenvalue weighted by atomic mass is 9.98. The summed E-state index contributed by atoms with van der Waals surface area (Å²) in [6.07, 6.45) is 17.7. The summed E-state index contributed by atoms with van der Waals surface area (Å²) in [5, 5.41) is 0.850. The SMILES string of the molecule is C/C=C/CCc1ccc(CCCCc2ccc(-c3ccc(CC/C=C/C)cc3)c(Cl)c2)cc1. The lowest BCUT2D eigenvalue weighted by molar-refractivity contribution is 0.734. The molecule has 0 aliphatic carbocycles. The van der Waals surface area contributed by atoms with Gasteiger partial charge in [-0.1, -0.05) is 96.6 Å². The molecule has 0 atom stereocenters. The zero-order valence-corrected chi connectivity index (χ0v) is 21.0. The van der Waals surface area contributed by atoms with Crippen LogP contribution in [-0.4, -0.2) is 0 Å². The number of halogens is 1. The summed E-state index contributed by atoms with van der Waals surface area (Å²) < 4.78 is 0. The van der Waals surface area contributed by atoms with Gasteiger partial charge in [-0.2, -0.15) is 0 Å². The molecule has 172 valence electrons. The van der Waals surface area contributed by atoms with Crippen LogP contribution in [0.5, 0.6) is 0 Å². The van der Waals surface area contributed by atoms with Crippen LogP contribution >= 0.6 is 11.6 Å². The van der Waals surface area contributed by atoms with Gasteiger partial charge >= 0.3 is 0 Å². The van der Waals surface area contributed by atoms with Gasteiger partial charge < -0.3 is 0 Å². The van der Waals surface area contributed by atoms with Crippen LogP contribution < -0.4 is 0 Å². The Labute approximate surface area is 206 Å². The highest BCUT2D eigenvalue weighted by Crippen LogP contribution is 2.29. The summed E-state index contributed by atoms with van der Waals surface area (Å²) in [4.78, 5) is 0. The third-order valence-electron chi connectivity index (χ3n) is 6.17. The number of hydrogen-bond acceptors (Lipinski definition) is 0. The minimum Gasteiger partial charge on any atom is -0.0917 e.